The average Bonchev–Trinajstić information content (AvgIpc) is 3.80. The molecule has 0 atom stereocenters. The molecule has 0 amide bonds. The average molecular weight is 900 g/mol. The maximum Gasteiger partial charge on any atom is 0.156 e. The largest absolute Gasteiger partial charge is 0.353 e. The topological polar surface area (TPSA) is 139 Å². The van der Waals surface area contributed by atoms with Gasteiger partial charge in [-0.3, -0.25) is 0 Å². The van der Waals surface area contributed by atoms with E-state index in [1.54, 1.807) is 15.1 Å². The minimum atomic E-state index is -0.319. The molecule has 0 radical (unpaired) electrons. The second-order valence-corrected chi connectivity index (χ2v) is 14.7. The lowest BCUT2D eigenvalue weighted by molar-refractivity contribution is 0.451. The number of hydrogen-bond acceptors (Lipinski definition) is 11. The van der Waals surface area contributed by atoms with Gasteiger partial charge in [0.15, 0.2) is 17.1 Å². The van der Waals surface area contributed by atoms with Crippen LogP contribution >= 0.6 is 49.6 Å². The standard InChI is InChI=1S/C21H21FN6.C20H20FN7.4ClH/c1-12-7-19(27-28-11-13(2)24-21(12)28)15-8-17(22)16-10-18(25-26-20(16)9-15)14-3-5-23-6-4-14;1-12-7-17(26-28-11-13(2)23-20(12)28)14-8-16(21)15-10-19(25-24-18(15)9-14)27-5-3-22-4-6-27;;;;/h7-11,14,23H,3-6H2,1-2H3;7-11,22H,3-6H2,1-2H3;4*1H. The molecule has 0 spiro atoms. The van der Waals surface area contributed by atoms with E-state index in [2.05, 4.69) is 56.1 Å². The second-order valence-electron chi connectivity index (χ2n) is 14.7. The lowest BCUT2D eigenvalue weighted by Crippen LogP contribution is -2.43. The van der Waals surface area contributed by atoms with E-state index in [-0.39, 0.29) is 61.3 Å². The third kappa shape index (κ3) is 9.21. The van der Waals surface area contributed by atoms with Crippen LogP contribution < -0.4 is 15.5 Å². The van der Waals surface area contributed by atoms with E-state index >= 15 is 0 Å². The molecule has 13 nitrogen and oxygen atoms in total. The van der Waals surface area contributed by atoms with Gasteiger partial charge in [-0.15, -0.1) is 59.8 Å². The molecule has 0 unspecified atom stereocenters. The van der Waals surface area contributed by atoms with Gasteiger partial charge in [0.1, 0.15) is 11.6 Å². The highest BCUT2D eigenvalue weighted by Crippen LogP contribution is 2.31. The highest BCUT2D eigenvalue weighted by Gasteiger charge is 2.20. The molecule has 6 aromatic heterocycles. The van der Waals surface area contributed by atoms with Crippen LogP contribution in [0.5, 0.6) is 0 Å². The zero-order valence-electron chi connectivity index (χ0n) is 33.3. The minimum Gasteiger partial charge on any atom is -0.353 e. The number of anilines is 1. The maximum atomic E-state index is 15.0. The summed E-state index contributed by atoms with van der Waals surface area (Å²) >= 11 is 0. The summed E-state index contributed by atoms with van der Waals surface area (Å²) < 4.78 is 33.4. The van der Waals surface area contributed by atoms with Crippen LogP contribution in [0.3, 0.4) is 0 Å². The van der Waals surface area contributed by atoms with Crippen molar-refractivity contribution in [2.24, 2.45) is 0 Å². The predicted octanol–water partition coefficient (Wildman–Crippen LogP) is 7.75. The third-order valence-corrected chi connectivity index (χ3v) is 10.6. The number of piperidine rings is 1. The molecule has 2 fully saturated rings. The van der Waals surface area contributed by atoms with Crippen molar-refractivity contribution in [3.05, 3.63) is 101 Å². The molecule has 316 valence electrons. The van der Waals surface area contributed by atoms with Gasteiger partial charge < -0.3 is 15.5 Å². The summed E-state index contributed by atoms with van der Waals surface area (Å²) in [5.41, 5.74) is 10.1. The van der Waals surface area contributed by atoms with Gasteiger partial charge in [0.05, 0.1) is 51.9 Å². The summed E-state index contributed by atoms with van der Waals surface area (Å²) in [6.45, 7) is 13.2. The van der Waals surface area contributed by atoms with Gasteiger partial charge in [0.2, 0.25) is 0 Å². The Morgan fingerprint density at radius 3 is 1.58 bits per heavy atom. The summed E-state index contributed by atoms with van der Waals surface area (Å²) in [4.78, 5) is 11.1. The Hall–Kier alpha value is -4.90. The van der Waals surface area contributed by atoms with Crippen molar-refractivity contribution < 1.29 is 8.78 Å². The first-order valence-corrected chi connectivity index (χ1v) is 18.9. The molecule has 2 N–H and O–H groups in total. The molecule has 10 rings (SSSR count). The van der Waals surface area contributed by atoms with Gasteiger partial charge in [-0.05, 0) is 113 Å². The quantitative estimate of drug-likeness (QED) is 0.179. The van der Waals surface area contributed by atoms with Crippen molar-refractivity contribution in [3.8, 4) is 22.5 Å². The van der Waals surface area contributed by atoms with Crippen LogP contribution in [-0.2, 0) is 0 Å². The monoisotopic (exact) mass is 897 g/mol. The Kier molecular flexibility index (Phi) is 14.8. The Morgan fingerprint density at radius 1 is 0.567 bits per heavy atom. The Balaban J connectivity index is 0.000000213. The van der Waals surface area contributed by atoms with Gasteiger partial charge >= 0.3 is 0 Å². The van der Waals surface area contributed by atoms with Crippen LogP contribution in [0.2, 0.25) is 0 Å². The highest BCUT2D eigenvalue weighted by atomic mass is 35.5. The van der Waals surface area contributed by atoms with E-state index in [4.69, 9.17) is 0 Å². The molecular weight excluding hydrogens is 854 g/mol. The van der Waals surface area contributed by atoms with Gasteiger partial charge in [0.25, 0.3) is 0 Å². The minimum absolute atomic E-state index is 0. The van der Waals surface area contributed by atoms with E-state index in [9.17, 15) is 8.78 Å². The highest BCUT2D eigenvalue weighted by molar-refractivity contribution is 5.87. The zero-order chi connectivity index (χ0) is 38.5. The van der Waals surface area contributed by atoms with E-state index < -0.39 is 0 Å². The molecule has 0 saturated carbocycles. The summed E-state index contributed by atoms with van der Waals surface area (Å²) in [7, 11) is 0. The van der Waals surface area contributed by atoms with Crippen molar-refractivity contribution in [1.29, 1.82) is 0 Å². The van der Waals surface area contributed by atoms with Crippen molar-refractivity contribution in [3.63, 3.8) is 0 Å². The smallest absolute Gasteiger partial charge is 0.156 e. The third-order valence-electron chi connectivity index (χ3n) is 10.6. The van der Waals surface area contributed by atoms with Crippen LogP contribution in [0.25, 0.3) is 55.6 Å². The Morgan fingerprint density at radius 2 is 1.05 bits per heavy atom. The Bertz CT molecular complexity index is 2600. The molecule has 2 aliphatic rings. The number of piperazine rings is 1. The van der Waals surface area contributed by atoms with E-state index in [1.165, 1.54) is 12.1 Å². The number of nitrogens with zero attached hydrogens (tertiary/aromatic N) is 11. The lowest BCUT2D eigenvalue weighted by Gasteiger charge is -2.28. The first kappa shape index (κ1) is 46.2. The van der Waals surface area contributed by atoms with Crippen LogP contribution in [0.15, 0.2) is 60.9 Å². The van der Waals surface area contributed by atoms with Gasteiger partial charge in [-0.2, -0.15) is 20.4 Å². The number of halogens is 6. The molecule has 2 aromatic carbocycles. The van der Waals surface area contributed by atoms with Crippen LogP contribution in [0.1, 0.15) is 47.0 Å². The number of benzene rings is 2. The fourth-order valence-corrected chi connectivity index (χ4v) is 7.64. The SMILES string of the molecule is Cc1cn2nc(-c3cc(F)c4cc(C5CCNCC5)nnc4c3)cc(C)c2n1.Cc1cn2nc(-c3cc(F)c4cc(N5CCNCC5)nnc4c3)cc(C)c2n1.Cl.Cl.Cl.Cl. The van der Waals surface area contributed by atoms with Gasteiger partial charge in [-0.25, -0.2) is 27.8 Å². The molecule has 0 bridgehead atoms. The van der Waals surface area contributed by atoms with Crippen molar-refractivity contribution in [2.45, 2.75) is 46.5 Å². The molecule has 2 aliphatic heterocycles. The molecule has 60 heavy (non-hydrogen) atoms. The molecule has 19 heteroatoms. The maximum absolute atomic E-state index is 15.0. The molecule has 2 saturated heterocycles. The van der Waals surface area contributed by atoms with Gasteiger partial charge in [-0.1, -0.05) is 0 Å². The van der Waals surface area contributed by atoms with Crippen molar-refractivity contribution in [2.75, 3.05) is 44.2 Å². The van der Waals surface area contributed by atoms with Crippen molar-refractivity contribution >= 4 is 88.5 Å². The number of aryl methyl sites for hydroxylation is 4. The first-order valence-electron chi connectivity index (χ1n) is 18.9. The summed E-state index contributed by atoms with van der Waals surface area (Å²) in [6.07, 6.45) is 5.75. The summed E-state index contributed by atoms with van der Waals surface area (Å²) in [5, 5.41) is 34.2. The number of aromatic nitrogens is 10. The first-order chi connectivity index (χ1) is 27.2. The number of rotatable bonds is 4. The number of fused-ring (bicyclic) bond motifs is 4. The lowest BCUT2D eigenvalue weighted by atomic mass is 9.93. The molecule has 8 heterocycles. The van der Waals surface area contributed by atoms with Crippen LogP contribution in [0, 0.1) is 39.3 Å². The molecule has 0 aliphatic carbocycles. The van der Waals surface area contributed by atoms with Crippen molar-refractivity contribution in [1.82, 2.24) is 60.2 Å². The number of imidazole rings is 2. The van der Waals surface area contributed by atoms with Gasteiger partial charge in [0, 0.05) is 54.0 Å². The number of hydrogen-bond donors (Lipinski definition) is 2. The normalized spacial score (nSPS) is 14.2. The molecule has 8 aromatic rings. The second kappa shape index (κ2) is 19.2. The van der Waals surface area contributed by atoms with E-state index in [0.29, 0.717) is 56.1 Å². The van der Waals surface area contributed by atoms with Crippen LogP contribution in [0.4, 0.5) is 14.6 Å². The summed E-state index contributed by atoms with van der Waals surface area (Å²) in [6, 6.07) is 14.2. The zero-order valence-corrected chi connectivity index (χ0v) is 36.6. The summed E-state index contributed by atoms with van der Waals surface area (Å²) in [5.74, 6) is 0.442. The predicted molar refractivity (Wildman–Crippen MR) is 241 cm³/mol. The Labute approximate surface area is 369 Å². The fourth-order valence-electron chi connectivity index (χ4n) is 7.64. The number of nitrogens with one attached hydrogen (secondary N) is 2. The fraction of sp³-hybridized carbons (Fsp3) is 0.317. The van der Waals surface area contributed by atoms with Crippen LogP contribution in [-0.4, -0.2) is 88.9 Å². The van der Waals surface area contributed by atoms with E-state index in [0.717, 1.165) is 91.6 Å². The van der Waals surface area contributed by atoms with E-state index in [1.807, 2.05) is 70.4 Å². The molecular formula is C41H45Cl4F2N13.